The Kier molecular flexibility index (Phi) is 2.09. The predicted molar refractivity (Wildman–Crippen MR) is 50.2 cm³/mol. The number of aromatic nitrogens is 2. The first kappa shape index (κ1) is 8.00. The third-order valence-electron chi connectivity index (χ3n) is 1.54. The molecule has 0 unspecified atom stereocenters. The van der Waals surface area contributed by atoms with E-state index in [9.17, 15) is 0 Å². The molecular formula is C8H6N4S. The summed E-state index contributed by atoms with van der Waals surface area (Å²) in [6.45, 7) is 0. The Morgan fingerprint density at radius 2 is 2.00 bits per heavy atom. The summed E-state index contributed by atoms with van der Waals surface area (Å²) >= 11 is 1.13. The van der Waals surface area contributed by atoms with Crippen LogP contribution < -0.4 is 0 Å². The minimum atomic E-state index is 0.388. The average molecular weight is 190 g/mol. The second kappa shape index (κ2) is 3.40. The van der Waals surface area contributed by atoms with Crippen molar-refractivity contribution in [2.45, 2.75) is 0 Å². The molecule has 1 aromatic heterocycles. The van der Waals surface area contributed by atoms with Crippen LogP contribution in [0, 0.1) is 5.53 Å². The normalized spacial score (nSPS) is 9.85. The highest BCUT2D eigenvalue weighted by atomic mass is 32.1. The number of hydrogen-bond acceptors (Lipinski definition) is 5. The van der Waals surface area contributed by atoms with Crippen molar-refractivity contribution in [2.24, 2.45) is 5.11 Å². The maximum Gasteiger partial charge on any atom is 0.249 e. The van der Waals surface area contributed by atoms with Gasteiger partial charge in [0.2, 0.25) is 5.13 Å². The molecule has 13 heavy (non-hydrogen) atoms. The molecule has 0 radical (unpaired) electrons. The van der Waals surface area contributed by atoms with Crippen LogP contribution >= 0.6 is 11.5 Å². The Labute approximate surface area is 78.9 Å². The summed E-state index contributed by atoms with van der Waals surface area (Å²) in [4.78, 5) is 4.05. The topological polar surface area (TPSA) is 62.0 Å². The molecule has 0 aliphatic rings. The van der Waals surface area contributed by atoms with Gasteiger partial charge in [-0.3, -0.25) is 0 Å². The zero-order valence-corrected chi connectivity index (χ0v) is 7.45. The lowest BCUT2D eigenvalue weighted by Gasteiger charge is -1.90. The Bertz CT molecular complexity index is 409. The lowest BCUT2D eigenvalue weighted by molar-refractivity contribution is 1.12. The molecule has 1 aromatic carbocycles. The van der Waals surface area contributed by atoms with Crippen molar-refractivity contribution in [3.05, 3.63) is 30.3 Å². The van der Waals surface area contributed by atoms with Crippen LogP contribution in [0.5, 0.6) is 0 Å². The summed E-state index contributed by atoms with van der Waals surface area (Å²) in [5.41, 5.74) is 7.70. The van der Waals surface area contributed by atoms with Gasteiger partial charge in [-0.2, -0.15) is 9.36 Å². The van der Waals surface area contributed by atoms with Gasteiger partial charge < -0.3 is 0 Å². The lowest BCUT2D eigenvalue weighted by Crippen LogP contribution is -1.77. The minimum Gasteiger partial charge on any atom is -0.202 e. The Balaban J connectivity index is 2.41. The average Bonchev–Trinajstić information content (AvgIpc) is 2.67. The van der Waals surface area contributed by atoms with E-state index in [0.717, 1.165) is 17.1 Å². The molecule has 64 valence electrons. The second-order valence-electron chi connectivity index (χ2n) is 2.38. The van der Waals surface area contributed by atoms with Crippen molar-refractivity contribution in [2.75, 3.05) is 0 Å². The van der Waals surface area contributed by atoms with Crippen LogP contribution in [0.25, 0.3) is 11.4 Å². The molecule has 0 atom stereocenters. The van der Waals surface area contributed by atoms with Crippen LogP contribution in [0.2, 0.25) is 0 Å². The molecule has 2 rings (SSSR count). The monoisotopic (exact) mass is 190 g/mol. The summed E-state index contributed by atoms with van der Waals surface area (Å²) in [6, 6.07) is 9.64. The Hall–Kier alpha value is -1.62. The van der Waals surface area contributed by atoms with E-state index >= 15 is 0 Å². The number of hydrogen-bond donors (Lipinski definition) is 1. The molecule has 5 heteroatoms. The Morgan fingerprint density at radius 3 is 2.62 bits per heavy atom. The van der Waals surface area contributed by atoms with Gasteiger partial charge in [0, 0.05) is 17.1 Å². The van der Waals surface area contributed by atoms with Gasteiger partial charge in [-0.05, 0) is 0 Å². The van der Waals surface area contributed by atoms with E-state index in [-0.39, 0.29) is 0 Å². The summed E-state index contributed by atoms with van der Waals surface area (Å²) < 4.78 is 4.07. The SMILES string of the molecule is N=Nc1nc(-c2ccccc2)ns1. The fourth-order valence-electron chi connectivity index (χ4n) is 0.965. The molecule has 4 nitrogen and oxygen atoms in total. The third kappa shape index (κ3) is 1.59. The predicted octanol–water partition coefficient (Wildman–Crippen LogP) is 2.87. The molecule has 2 aromatic rings. The quantitative estimate of drug-likeness (QED) is 0.740. The first-order valence-corrected chi connectivity index (χ1v) is 4.44. The second-order valence-corrected chi connectivity index (χ2v) is 3.11. The highest BCUT2D eigenvalue weighted by Crippen LogP contribution is 2.21. The van der Waals surface area contributed by atoms with Gasteiger partial charge in [-0.25, -0.2) is 5.53 Å². The van der Waals surface area contributed by atoms with E-state index in [4.69, 9.17) is 5.53 Å². The number of nitrogens with one attached hydrogen (secondary N) is 1. The fraction of sp³-hybridized carbons (Fsp3) is 0. The van der Waals surface area contributed by atoms with Gasteiger partial charge in [-0.1, -0.05) is 30.3 Å². The van der Waals surface area contributed by atoms with Gasteiger partial charge in [0.05, 0.1) is 0 Å². The molecule has 0 saturated carbocycles. The van der Waals surface area contributed by atoms with Crippen LogP contribution in [0.15, 0.2) is 35.4 Å². The van der Waals surface area contributed by atoms with Crippen molar-refractivity contribution >= 4 is 16.7 Å². The fourth-order valence-corrected chi connectivity index (χ4v) is 1.45. The number of rotatable bonds is 2. The largest absolute Gasteiger partial charge is 0.249 e. The van der Waals surface area contributed by atoms with Gasteiger partial charge in [0.25, 0.3) is 0 Å². The van der Waals surface area contributed by atoms with Crippen molar-refractivity contribution in [1.82, 2.24) is 9.36 Å². The van der Waals surface area contributed by atoms with Gasteiger partial charge in [0.15, 0.2) is 5.82 Å². The van der Waals surface area contributed by atoms with E-state index in [0.29, 0.717) is 11.0 Å². The van der Waals surface area contributed by atoms with Crippen molar-refractivity contribution in [3.8, 4) is 11.4 Å². The zero-order chi connectivity index (χ0) is 9.10. The van der Waals surface area contributed by atoms with Gasteiger partial charge in [-0.15, -0.1) is 5.11 Å². The first-order chi connectivity index (χ1) is 6.40. The van der Waals surface area contributed by atoms with E-state index in [2.05, 4.69) is 14.5 Å². The highest BCUT2D eigenvalue weighted by Gasteiger charge is 2.03. The summed E-state index contributed by atoms with van der Waals surface area (Å²) in [6.07, 6.45) is 0. The molecule has 0 aliphatic heterocycles. The lowest BCUT2D eigenvalue weighted by atomic mass is 10.2. The molecule has 0 bridgehead atoms. The van der Waals surface area contributed by atoms with Crippen molar-refractivity contribution < 1.29 is 0 Å². The number of benzene rings is 1. The molecule has 0 fully saturated rings. The summed E-state index contributed by atoms with van der Waals surface area (Å²) in [5, 5.41) is 3.60. The van der Waals surface area contributed by atoms with Crippen molar-refractivity contribution in [1.29, 1.82) is 5.53 Å². The summed E-state index contributed by atoms with van der Waals surface area (Å²) in [5.74, 6) is 0.636. The molecular weight excluding hydrogens is 184 g/mol. The molecule has 1 N–H and O–H groups in total. The number of nitrogens with zero attached hydrogens (tertiary/aromatic N) is 3. The summed E-state index contributed by atoms with van der Waals surface area (Å²) in [7, 11) is 0. The molecule has 0 spiro atoms. The van der Waals surface area contributed by atoms with Crippen LogP contribution in [0.4, 0.5) is 5.13 Å². The van der Waals surface area contributed by atoms with Gasteiger partial charge in [0.1, 0.15) is 0 Å². The third-order valence-corrected chi connectivity index (χ3v) is 2.15. The van der Waals surface area contributed by atoms with Crippen molar-refractivity contribution in [3.63, 3.8) is 0 Å². The van der Waals surface area contributed by atoms with E-state index < -0.39 is 0 Å². The van der Waals surface area contributed by atoms with Crippen LogP contribution in [0.3, 0.4) is 0 Å². The maximum atomic E-state index is 6.75. The molecule has 1 heterocycles. The van der Waals surface area contributed by atoms with Gasteiger partial charge >= 0.3 is 0 Å². The van der Waals surface area contributed by atoms with Crippen LogP contribution in [0.1, 0.15) is 0 Å². The van der Waals surface area contributed by atoms with Crippen LogP contribution in [-0.2, 0) is 0 Å². The van der Waals surface area contributed by atoms with E-state index in [1.807, 2.05) is 30.3 Å². The smallest absolute Gasteiger partial charge is 0.202 e. The van der Waals surface area contributed by atoms with E-state index in [1.165, 1.54) is 0 Å². The molecule has 0 aliphatic carbocycles. The van der Waals surface area contributed by atoms with E-state index in [1.54, 1.807) is 0 Å². The Morgan fingerprint density at radius 1 is 1.23 bits per heavy atom. The maximum absolute atomic E-state index is 6.75. The minimum absolute atomic E-state index is 0.388. The highest BCUT2D eigenvalue weighted by molar-refractivity contribution is 7.09. The van der Waals surface area contributed by atoms with Crippen LogP contribution in [-0.4, -0.2) is 9.36 Å². The zero-order valence-electron chi connectivity index (χ0n) is 6.64. The molecule has 0 saturated heterocycles. The first-order valence-electron chi connectivity index (χ1n) is 3.67. The standard InChI is InChI=1S/C8H6N4S/c9-11-8-10-7(12-13-8)6-4-2-1-3-5-6/h1-5,9H. The molecule has 0 amide bonds.